The van der Waals surface area contributed by atoms with Gasteiger partial charge in [0.15, 0.2) is 8.32 Å². The molecule has 160 valence electrons. The van der Waals surface area contributed by atoms with Crippen LogP contribution in [0, 0.1) is 5.92 Å². The maximum absolute atomic E-state index is 10.2. The largest absolute Gasteiger partial charge is 0.409 e. The molecule has 1 heterocycles. The quantitative estimate of drug-likeness (QED) is 0.433. The molecule has 2 N–H and O–H groups in total. The van der Waals surface area contributed by atoms with Crippen LogP contribution >= 0.6 is 23.2 Å². The Morgan fingerprint density at radius 3 is 2.21 bits per heavy atom. The van der Waals surface area contributed by atoms with Gasteiger partial charge in [-0.05, 0) is 63.2 Å². The molecule has 1 fully saturated rings. The van der Waals surface area contributed by atoms with E-state index < -0.39 is 13.9 Å². The van der Waals surface area contributed by atoms with Crippen molar-refractivity contribution in [3.05, 3.63) is 28.0 Å². The number of aliphatic hydroxyl groups is 1. The van der Waals surface area contributed by atoms with Crippen LogP contribution in [0.15, 0.2) is 12.4 Å². The van der Waals surface area contributed by atoms with Crippen LogP contribution in [0.5, 0.6) is 0 Å². The van der Waals surface area contributed by atoms with E-state index >= 15 is 0 Å². The first kappa shape index (κ1) is 24.1. The van der Waals surface area contributed by atoms with Crippen molar-refractivity contribution >= 4 is 31.5 Å². The Hall–Kier alpha value is -0.173. The summed E-state index contributed by atoms with van der Waals surface area (Å²) in [5.74, 6) is 0.592. The third-order valence-corrected chi connectivity index (χ3v) is 11.7. The second-order valence-electron chi connectivity index (χ2n) is 8.47. The normalized spacial score (nSPS) is 24.3. The zero-order chi connectivity index (χ0) is 20.8. The van der Waals surface area contributed by atoms with E-state index in [4.69, 9.17) is 27.6 Å². The lowest BCUT2D eigenvalue weighted by molar-refractivity contribution is 0.00788. The Bertz CT molecular complexity index is 588. The molecule has 2 rings (SSSR count). The standard InChI is InChI=1S/C21H36Cl2N2O2Si/c1-5-28(6-2,7-3)27-19(20-17(22)13-25-14-18(20)23)15-24-12-16-8-10-21(4,26)11-9-16/h13-14,16,19,24,26H,5-12,15H2,1-4H3. The highest BCUT2D eigenvalue weighted by molar-refractivity contribution is 6.73. The molecule has 7 heteroatoms. The highest BCUT2D eigenvalue weighted by Gasteiger charge is 2.34. The summed E-state index contributed by atoms with van der Waals surface area (Å²) in [6.07, 6.45) is 6.99. The Morgan fingerprint density at radius 2 is 1.71 bits per heavy atom. The Kier molecular flexibility index (Phi) is 9.24. The summed E-state index contributed by atoms with van der Waals surface area (Å²) in [4.78, 5) is 4.10. The van der Waals surface area contributed by atoms with E-state index in [1.54, 1.807) is 12.4 Å². The molecule has 0 amide bonds. The average molecular weight is 448 g/mol. The topological polar surface area (TPSA) is 54.4 Å². The van der Waals surface area contributed by atoms with Gasteiger partial charge in [-0.2, -0.15) is 0 Å². The molecule has 0 radical (unpaired) electrons. The maximum Gasteiger partial charge on any atom is 0.192 e. The molecule has 1 saturated carbocycles. The Labute approximate surface area is 181 Å². The first-order valence-electron chi connectivity index (χ1n) is 10.7. The molecule has 0 aliphatic heterocycles. The molecular formula is C21H36Cl2N2O2Si. The van der Waals surface area contributed by atoms with Gasteiger partial charge in [-0.1, -0.05) is 44.0 Å². The molecule has 0 saturated heterocycles. The van der Waals surface area contributed by atoms with Gasteiger partial charge in [0.05, 0.1) is 21.8 Å². The number of hydrogen-bond acceptors (Lipinski definition) is 4. The minimum Gasteiger partial charge on any atom is -0.409 e. The van der Waals surface area contributed by atoms with Gasteiger partial charge in [0.2, 0.25) is 0 Å². The van der Waals surface area contributed by atoms with Crippen LogP contribution in [0.25, 0.3) is 0 Å². The number of aromatic nitrogens is 1. The lowest BCUT2D eigenvalue weighted by Crippen LogP contribution is -2.41. The van der Waals surface area contributed by atoms with E-state index in [1.807, 2.05) is 6.92 Å². The number of halogens is 2. The summed E-state index contributed by atoms with van der Waals surface area (Å²) in [5.41, 5.74) is 0.360. The second-order valence-corrected chi connectivity index (χ2v) is 14.0. The number of pyridine rings is 1. The zero-order valence-electron chi connectivity index (χ0n) is 17.7. The van der Waals surface area contributed by atoms with Crippen LogP contribution in [0.4, 0.5) is 0 Å². The number of nitrogens with zero attached hydrogens (tertiary/aromatic N) is 1. The highest BCUT2D eigenvalue weighted by atomic mass is 35.5. The van der Waals surface area contributed by atoms with Crippen LogP contribution in [0.2, 0.25) is 28.2 Å². The van der Waals surface area contributed by atoms with Crippen molar-refractivity contribution in [2.24, 2.45) is 5.92 Å². The lowest BCUT2D eigenvalue weighted by atomic mass is 9.80. The summed E-state index contributed by atoms with van der Waals surface area (Å²) in [5, 5.41) is 14.9. The molecule has 1 aliphatic rings. The number of rotatable bonds is 10. The fourth-order valence-electron chi connectivity index (χ4n) is 4.16. The molecule has 1 aromatic rings. The van der Waals surface area contributed by atoms with Gasteiger partial charge in [0.25, 0.3) is 0 Å². The lowest BCUT2D eigenvalue weighted by Gasteiger charge is -2.35. The molecule has 1 atom stereocenters. The monoisotopic (exact) mass is 446 g/mol. The molecule has 28 heavy (non-hydrogen) atoms. The first-order chi connectivity index (χ1) is 13.3. The van der Waals surface area contributed by atoms with Crippen LogP contribution in [0.1, 0.15) is 65.0 Å². The van der Waals surface area contributed by atoms with E-state index in [9.17, 15) is 5.11 Å². The zero-order valence-corrected chi connectivity index (χ0v) is 20.2. The summed E-state index contributed by atoms with van der Waals surface area (Å²) in [6, 6.07) is 3.23. The van der Waals surface area contributed by atoms with E-state index in [2.05, 4.69) is 31.1 Å². The van der Waals surface area contributed by atoms with Crippen LogP contribution in [-0.2, 0) is 4.43 Å². The molecular weight excluding hydrogens is 411 g/mol. The molecule has 0 aromatic carbocycles. The van der Waals surface area contributed by atoms with Crippen LogP contribution in [-0.4, -0.2) is 37.1 Å². The third kappa shape index (κ3) is 6.41. The van der Waals surface area contributed by atoms with Gasteiger partial charge in [0, 0.05) is 24.5 Å². The van der Waals surface area contributed by atoms with Crippen molar-refractivity contribution in [3.63, 3.8) is 0 Å². The Morgan fingerprint density at radius 1 is 1.18 bits per heavy atom. The van der Waals surface area contributed by atoms with Gasteiger partial charge in [-0.15, -0.1) is 0 Å². The van der Waals surface area contributed by atoms with E-state index in [0.29, 0.717) is 22.5 Å². The van der Waals surface area contributed by atoms with Crippen molar-refractivity contribution in [1.29, 1.82) is 0 Å². The maximum atomic E-state index is 10.2. The van der Waals surface area contributed by atoms with Gasteiger partial charge < -0.3 is 14.8 Å². The molecule has 1 unspecified atom stereocenters. The van der Waals surface area contributed by atoms with Crippen molar-refractivity contribution in [1.82, 2.24) is 10.3 Å². The van der Waals surface area contributed by atoms with E-state index in [-0.39, 0.29) is 6.10 Å². The summed E-state index contributed by atoms with van der Waals surface area (Å²) in [6.45, 7) is 10.2. The number of nitrogens with one attached hydrogen (secondary N) is 1. The minimum atomic E-state index is -1.83. The summed E-state index contributed by atoms with van der Waals surface area (Å²) < 4.78 is 6.80. The number of hydrogen-bond donors (Lipinski definition) is 2. The third-order valence-electron chi connectivity index (χ3n) is 6.48. The van der Waals surface area contributed by atoms with Gasteiger partial charge in [-0.3, -0.25) is 4.98 Å². The Balaban J connectivity index is 2.08. The van der Waals surface area contributed by atoms with Crippen molar-refractivity contribution in [3.8, 4) is 0 Å². The molecule has 4 nitrogen and oxygen atoms in total. The van der Waals surface area contributed by atoms with Gasteiger partial charge in [-0.25, -0.2) is 0 Å². The highest BCUT2D eigenvalue weighted by Crippen LogP contribution is 2.36. The van der Waals surface area contributed by atoms with Gasteiger partial charge >= 0.3 is 0 Å². The molecule has 0 bridgehead atoms. The van der Waals surface area contributed by atoms with Gasteiger partial charge in [0.1, 0.15) is 0 Å². The minimum absolute atomic E-state index is 0.166. The van der Waals surface area contributed by atoms with E-state index in [1.165, 1.54) is 0 Å². The predicted octanol–water partition coefficient (Wildman–Crippen LogP) is 5.98. The van der Waals surface area contributed by atoms with Crippen molar-refractivity contribution in [2.75, 3.05) is 13.1 Å². The summed E-state index contributed by atoms with van der Waals surface area (Å²) >= 11 is 12.9. The van der Waals surface area contributed by atoms with Crippen LogP contribution < -0.4 is 5.32 Å². The van der Waals surface area contributed by atoms with Crippen molar-refractivity contribution < 1.29 is 9.53 Å². The van der Waals surface area contributed by atoms with Crippen LogP contribution in [0.3, 0.4) is 0 Å². The SMILES string of the molecule is CC[Si](CC)(CC)OC(CNCC1CCC(C)(O)CC1)c1c(Cl)cncc1Cl. The second kappa shape index (κ2) is 10.7. The fraction of sp³-hybridized carbons (Fsp3) is 0.762. The fourth-order valence-corrected chi connectivity index (χ4v) is 7.57. The molecule has 0 spiro atoms. The first-order valence-corrected chi connectivity index (χ1v) is 13.9. The average Bonchev–Trinajstić information content (AvgIpc) is 2.67. The predicted molar refractivity (Wildman–Crippen MR) is 121 cm³/mol. The molecule has 1 aliphatic carbocycles. The smallest absolute Gasteiger partial charge is 0.192 e. The van der Waals surface area contributed by atoms with Crippen molar-refractivity contribution in [2.45, 2.75) is 83.2 Å². The van der Waals surface area contributed by atoms with E-state index in [0.717, 1.165) is 55.9 Å². The summed E-state index contributed by atoms with van der Waals surface area (Å²) in [7, 11) is -1.83. The molecule has 1 aromatic heterocycles.